The van der Waals surface area contributed by atoms with Gasteiger partial charge in [0.05, 0.1) is 0 Å². The molecule has 2 aliphatic heterocycles. The molecule has 0 radical (unpaired) electrons. The standard InChI is InChI=1S/C25H33N3O/c1-21(27-17-15-26(2)16-18-27)19-28-20-25(14-13-24(28)29,22-9-5-3-6-10-22)23-11-7-4-8-12-23/h3-12,21H,13-20H2,1-2H3. The van der Waals surface area contributed by atoms with Gasteiger partial charge in [0.1, 0.15) is 0 Å². The van der Waals surface area contributed by atoms with Gasteiger partial charge in [-0.2, -0.15) is 0 Å². The number of rotatable bonds is 5. The number of amides is 1. The number of likely N-dealkylation sites (tertiary alicyclic amines) is 1. The van der Waals surface area contributed by atoms with Crippen LogP contribution in [0.5, 0.6) is 0 Å². The van der Waals surface area contributed by atoms with Crippen LogP contribution >= 0.6 is 0 Å². The minimum absolute atomic E-state index is 0.127. The lowest BCUT2D eigenvalue weighted by atomic mass is 9.69. The third-order valence-electron chi connectivity index (χ3n) is 6.88. The summed E-state index contributed by atoms with van der Waals surface area (Å²) in [4.78, 5) is 20.0. The molecule has 0 aliphatic carbocycles. The minimum atomic E-state index is -0.127. The summed E-state index contributed by atoms with van der Waals surface area (Å²) in [7, 11) is 2.18. The maximum absolute atomic E-state index is 12.9. The highest BCUT2D eigenvalue weighted by atomic mass is 16.2. The van der Waals surface area contributed by atoms with Gasteiger partial charge in [0.25, 0.3) is 0 Å². The van der Waals surface area contributed by atoms with E-state index in [0.717, 1.165) is 45.7 Å². The van der Waals surface area contributed by atoms with Crippen molar-refractivity contribution in [3.8, 4) is 0 Å². The topological polar surface area (TPSA) is 26.8 Å². The lowest BCUT2D eigenvalue weighted by Gasteiger charge is -2.46. The molecular weight excluding hydrogens is 358 g/mol. The second kappa shape index (κ2) is 8.68. The minimum Gasteiger partial charge on any atom is -0.340 e. The van der Waals surface area contributed by atoms with E-state index in [-0.39, 0.29) is 5.41 Å². The molecule has 2 saturated heterocycles. The fourth-order valence-corrected chi connectivity index (χ4v) is 4.99. The van der Waals surface area contributed by atoms with Crippen molar-refractivity contribution in [1.29, 1.82) is 0 Å². The number of hydrogen-bond donors (Lipinski definition) is 0. The van der Waals surface area contributed by atoms with E-state index in [1.807, 2.05) is 0 Å². The third-order valence-corrected chi connectivity index (χ3v) is 6.88. The zero-order valence-corrected chi connectivity index (χ0v) is 17.8. The summed E-state index contributed by atoms with van der Waals surface area (Å²) in [5.41, 5.74) is 2.50. The predicted molar refractivity (Wildman–Crippen MR) is 118 cm³/mol. The van der Waals surface area contributed by atoms with E-state index in [0.29, 0.717) is 18.4 Å². The molecule has 1 atom stereocenters. The summed E-state index contributed by atoms with van der Waals surface area (Å²) in [5, 5.41) is 0. The van der Waals surface area contributed by atoms with Crippen LogP contribution in [0.25, 0.3) is 0 Å². The number of hydrogen-bond acceptors (Lipinski definition) is 3. The molecule has 2 aromatic carbocycles. The van der Waals surface area contributed by atoms with Crippen molar-refractivity contribution in [3.05, 3.63) is 71.8 Å². The molecule has 4 heteroatoms. The van der Waals surface area contributed by atoms with Gasteiger partial charge >= 0.3 is 0 Å². The zero-order valence-electron chi connectivity index (χ0n) is 17.8. The van der Waals surface area contributed by atoms with Gasteiger partial charge < -0.3 is 9.80 Å². The molecule has 2 heterocycles. The van der Waals surface area contributed by atoms with E-state index in [1.54, 1.807) is 0 Å². The Kier molecular flexibility index (Phi) is 6.02. The molecule has 2 aliphatic rings. The molecule has 154 valence electrons. The lowest BCUT2D eigenvalue weighted by Crippen LogP contribution is -2.55. The van der Waals surface area contributed by atoms with Crippen LogP contribution in [0.1, 0.15) is 30.9 Å². The van der Waals surface area contributed by atoms with E-state index < -0.39 is 0 Å². The summed E-state index contributed by atoms with van der Waals surface area (Å²) in [6.45, 7) is 8.23. The van der Waals surface area contributed by atoms with Gasteiger partial charge in [-0.05, 0) is 31.5 Å². The summed E-state index contributed by atoms with van der Waals surface area (Å²) in [5.74, 6) is 0.300. The Labute approximate surface area is 175 Å². The average Bonchev–Trinajstić information content (AvgIpc) is 2.77. The van der Waals surface area contributed by atoms with Crippen LogP contribution in [0.15, 0.2) is 60.7 Å². The Morgan fingerprint density at radius 2 is 1.45 bits per heavy atom. The molecule has 29 heavy (non-hydrogen) atoms. The van der Waals surface area contributed by atoms with Crippen LogP contribution in [-0.2, 0) is 10.2 Å². The highest BCUT2D eigenvalue weighted by molar-refractivity contribution is 5.78. The highest BCUT2D eigenvalue weighted by Gasteiger charge is 2.42. The fourth-order valence-electron chi connectivity index (χ4n) is 4.99. The first-order valence-electron chi connectivity index (χ1n) is 10.9. The van der Waals surface area contributed by atoms with Gasteiger partial charge in [-0.15, -0.1) is 0 Å². The van der Waals surface area contributed by atoms with Crippen LogP contribution in [-0.4, -0.2) is 73.0 Å². The number of nitrogens with zero attached hydrogens (tertiary/aromatic N) is 3. The molecule has 0 saturated carbocycles. The first kappa shape index (κ1) is 20.1. The smallest absolute Gasteiger partial charge is 0.222 e. The van der Waals surface area contributed by atoms with E-state index in [1.165, 1.54) is 11.1 Å². The normalized spacial score (nSPS) is 21.9. The predicted octanol–water partition coefficient (Wildman–Crippen LogP) is 3.23. The van der Waals surface area contributed by atoms with Gasteiger partial charge in [0, 0.05) is 57.1 Å². The Morgan fingerprint density at radius 3 is 2.00 bits per heavy atom. The highest BCUT2D eigenvalue weighted by Crippen LogP contribution is 2.40. The summed E-state index contributed by atoms with van der Waals surface area (Å²) in [6.07, 6.45) is 1.48. The first-order chi connectivity index (χ1) is 14.1. The van der Waals surface area contributed by atoms with Crippen molar-refractivity contribution in [2.24, 2.45) is 0 Å². The monoisotopic (exact) mass is 391 g/mol. The summed E-state index contributed by atoms with van der Waals surface area (Å²) >= 11 is 0. The van der Waals surface area contributed by atoms with Crippen molar-refractivity contribution in [2.45, 2.75) is 31.2 Å². The number of carbonyl (C=O) groups is 1. The maximum atomic E-state index is 12.9. The number of piperazine rings is 1. The quantitative estimate of drug-likeness (QED) is 0.783. The van der Waals surface area contributed by atoms with Crippen molar-refractivity contribution in [1.82, 2.24) is 14.7 Å². The van der Waals surface area contributed by atoms with Gasteiger partial charge in [0.15, 0.2) is 0 Å². The Bertz CT molecular complexity index is 760. The van der Waals surface area contributed by atoms with Crippen molar-refractivity contribution in [3.63, 3.8) is 0 Å². The van der Waals surface area contributed by atoms with Crippen molar-refractivity contribution >= 4 is 5.91 Å². The average molecular weight is 392 g/mol. The van der Waals surface area contributed by atoms with Crippen LogP contribution in [0.2, 0.25) is 0 Å². The van der Waals surface area contributed by atoms with Gasteiger partial charge in [-0.25, -0.2) is 0 Å². The van der Waals surface area contributed by atoms with E-state index in [9.17, 15) is 4.79 Å². The largest absolute Gasteiger partial charge is 0.340 e. The zero-order chi connectivity index (χ0) is 20.3. The van der Waals surface area contributed by atoms with E-state index in [4.69, 9.17) is 0 Å². The van der Waals surface area contributed by atoms with E-state index >= 15 is 0 Å². The fraction of sp³-hybridized carbons (Fsp3) is 0.480. The summed E-state index contributed by atoms with van der Waals surface area (Å²) < 4.78 is 0. The van der Waals surface area contributed by atoms with Crippen LogP contribution in [0.3, 0.4) is 0 Å². The van der Waals surface area contributed by atoms with E-state index in [2.05, 4.69) is 89.3 Å². The second-order valence-corrected chi connectivity index (χ2v) is 8.78. The molecule has 1 amide bonds. The number of carbonyl (C=O) groups excluding carboxylic acids is 1. The molecule has 0 aromatic heterocycles. The Balaban J connectivity index is 1.58. The Hall–Kier alpha value is -2.17. The van der Waals surface area contributed by atoms with Gasteiger partial charge in [-0.3, -0.25) is 9.69 Å². The summed E-state index contributed by atoms with van der Waals surface area (Å²) in [6, 6.07) is 21.9. The van der Waals surface area contributed by atoms with Crippen molar-refractivity contribution < 1.29 is 4.79 Å². The van der Waals surface area contributed by atoms with Gasteiger partial charge in [0.2, 0.25) is 5.91 Å². The number of likely N-dealkylation sites (N-methyl/N-ethyl adjacent to an activating group) is 1. The molecule has 0 spiro atoms. The molecule has 0 bridgehead atoms. The van der Waals surface area contributed by atoms with Crippen LogP contribution < -0.4 is 0 Å². The molecule has 4 rings (SSSR count). The van der Waals surface area contributed by atoms with Crippen molar-refractivity contribution in [2.75, 3.05) is 46.3 Å². The molecule has 2 aromatic rings. The van der Waals surface area contributed by atoms with Gasteiger partial charge in [-0.1, -0.05) is 60.7 Å². The lowest BCUT2D eigenvalue weighted by molar-refractivity contribution is -0.136. The molecule has 1 unspecified atom stereocenters. The Morgan fingerprint density at radius 1 is 0.897 bits per heavy atom. The molecular formula is C25H33N3O. The molecule has 4 nitrogen and oxygen atoms in total. The number of piperidine rings is 1. The molecule has 0 N–H and O–H groups in total. The second-order valence-electron chi connectivity index (χ2n) is 8.78. The molecule has 2 fully saturated rings. The third kappa shape index (κ3) is 4.24. The van der Waals surface area contributed by atoms with Crippen LogP contribution in [0, 0.1) is 0 Å². The SMILES string of the molecule is CC(CN1CC(c2ccccc2)(c2ccccc2)CCC1=O)N1CCN(C)CC1. The number of benzene rings is 2. The first-order valence-corrected chi connectivity index (χ1v) is 10.9. The van der Waals surface area contributed by atoms with Crippen LogP contribution in [0.4, 0.5) is 0 Å². The maximum Gasteiger partial charge on any atom is 0.222 e.